The molecule has 0 atom stereocenters. The molecule has 0 unspecified atom stereocenters. The van der Waals surface area contributed by atoms with Crippen LogP contribution < -0.4 is 10.2 Å². The van der Waals surface area contributed by atoms with Crippen molar-refractivity contribution in [1.29, 1.82) is 0 Å². The topological polar surface area (TPSA) is 63.2 Å². The Kier molecular flexibility index (Phi) is 6.68. The maximum Gasteiger partial charge on any atom is 0.250 e. The molecule has 12 heteroatoms. The molecule has 1 N–H and O–H groups in total. The van der Waals surface area contributed by atoms with Crippen LogP contribution in [0.4, 0.5) is 17.3 Å². The highest BCUT2D eigenvalue weighted by Crippen LogP contribution is 2.40. The van der Waals surface area contributed by atoms with Gasteiger partial charge in [0.1, 0.15) is 0 Å². The van der Waals surface area contributed by atoms with Gasteiger partial charge in [0.2, 0.25) is 13.5 Å². The first kappa shape index (κ1) is 21.2. The number of hydrogen-bond donors (Lipinski definition) is 1. The van der Waals surface area contributed by atoms with E-state index >= 15 is 0 Å². The number of aromatic nitrogens is 3. The number of benzene rings is 1. The van der Waals surface area contributed by atoms with Crippen LogP contribution in [-0.4, -0.2) is 41.3 Å². The van der Waals surface area contributed by atoms with Crippen LogP contribution in [0.25, 0.3) is 0 Å². The summed E-state index contributed by atoms with van der Waals surface area (Å²) in [5.74, 6) is -0.223. The number of anilines is 3. The maximum atomic E-state index is 5.91. The first-order valence-electron chi connectivity index (χ1n) is 7.74. The zero-order valence-corrected chi connectivity index (χ0v) is 18.1. The van der Waals surface area contributed by atoms with E-state index in [1.54, 1.807) is 0 Å². The van der Waals surface area contributed by atoms with Gasteiger partial charge in [-0.2, -0.15) is 9.97 Å². The van der Waals surface area contributed by atoms with Gasteiger partial charge >= 0.3 is 0 Å². The van der Waals surface area contributed by atoms with E-state index in [4.69, 9.17) is 74.3 Å². The fourth-order valence-corrected chi connectivity index (χ4v) is 2.97. The molecule has 2 aromatic rings. The van der Waals surface area contributed by atoms with E-state index < -0.39 is 7.59 Å². The third-order valence-corrected chi connectivity index (χ3v) is 4.66. The summed E-state index contributed by atoms with van der Waals surface area (Å²) in [5, 5.41) is 3.10. The Morgan fingerprint density at radius 2 is 1.41 bits per heavy atom. The van der Waals surface area contributed by atoms with Crippen molar-refractivity contribution in [2.45, 2.75) is 7.59 Å². The van der Waals surface area contributed by atoms with E-state index in [1.807, 2.05) is 24.3 Å². The van der Waals surface area contributed by atoms with Gasteiger partial charge < -0.3 is 15.0 Å². The molecule has 0 aliphatic carbocycles. The Morgan fingerprint density at radius 3 is 1.96 bits per heavy atom. The van der Waals surface area contributed by atoms with E-state index in [1.165, 1.54) is 0 Å². The predicted molar refractivity (Wildman–Crippen MR) is 111 cm³/mol. The van der Waals surface area contributed by atoms with Gasteiger partial charge in [0.05, 0.1) is 24.6 Å². The van der Waals surface area contributed by atoms with Crippen molar-refractivity contribution in [2.75, 3.05) is 36.5 Å². The highest BCUT2D eigenvalue weighted by molar-refractivity contribution is 6.67. The number of hydrogen-bond acceptors (Lipinski definition) is 6. The number of rotatable bonds is 3. The van der Waals surface area contributed by atoms with Crippen LogP contribution >= 0.6 is 69.6 Å². The lowest BCUT2D eigenvalue weighted by molar-refractivity contribution is 0.123. The summed E-state index contributed by atoms with van der Waals surface area (Å²) in [5.41, 5.74) is 1.70. The Hall–Kier alpha value is -0.470. The summed E-state index contributed by atoms with van der Waals surface area (Å²) >= 11 is 35.4. The summed E-state index contributed by atoms with van der Waals surface area (Å²) < 4.78 is 1.58. The second-order valence-corrected chi connectivity index (χ2v) is 10.1. The average Bonchev–Trinajstić information content (AvgIpc) is 2.61. The van der Waals surface area contributed by atoms with Gasteiger partial charge in [-0.05, 0) is 12.1 Å². The molecule has 3 rings (SSSR count). The molecule has 1 aliphatic heterocycles. The van der Waals surface area contributed by atoms with Gasteiger partial charge in [0.15, 0.2) is 11.6 Å². The summed E-state index contributed by atoms with van der Waals surface area (Å²) in [6.07, 6.45) is 0. The summed E-state index contributed by atoms with van der Waals surface area (Å²) in [6.45, 7) is 2.81. The number of halogens is 6. The number of morpholine rings is 1. The lowest BCUT2D eigenvalue weighted by atomic mass is 10.2. The molecule has 0 amide bonds. The SMILES string of the molecule is ClC(Cl)(Cl)c1nc(Nc2ccccc2N2CCOCC2)nc(C(Cl)(Cl)Cl)n1. The predicted octanol–water partition coefficient (Wildman–Crippen LogP) is 5.11. The lowest BCUT2D eigenvalue weighted by Crippen LogP contribution is -2.36. The van der Waals surface area contributed by atoms with Crippen LogP contribution in [0.3, 0.4) is 0 Å². The summed E-state index contributed by atoms with van der Waals surface area (Å²) in [4.78, 5) is 14.4. The van der Waals surface area contributed by atoms with Crippen molar-refractivity contribution in [3.8, 4) is 0 Å². The maximum absolute atomic E-state index is 5.91. The van der Waals surface area contributed by atoms with Crippen molar-refractivity contribution in [3.05, 3.63) is 35.9 Å². The van der Waals surface area contributed by atoms with Gasteiger partial charge in [-0.15, -0.1) is 0 Å². The molecule has 0 radical (unpaired) electrons. The van der Waals surface area contributed by atoms with Gasteiger partial charge in [0, 0.05) is 13.1 Å². The van der Waals surface area contributed by atoms with E-state index in [0.29, 0.717) is 13.2 Å². The Labute approximate surface area is 186 Å². The van der Waals surface area contributed by atoms with Crippen LogP contribution in [-0.2, 0) is 12.3 Å². The Morgan fingerprint density at radius 1 is 0.852 bits per heavy atom. The van der Waals surface area contributed by atoms with Crippen LogP contribution in [0.2, 0.25) is 0 Å². The Balaban J connectivity index is 1.98. The van der Waals surface area contributed by atoms with Crippen LogP contribution in [0.1, 0.15) is 11.6 Å². The minimum Gasteiger partial charge on any atom is -0.378 e. The molecule has 1 saturated heterocycles. The molecule has 0 spiro atoms. The smallest absolute Gasteiger partial charge is 0.250 e. The third-order valence-electron chi connectivity index (χ3n) is 3.64. The molecule has 0 bridgehead atoms. The van der Waals surface area contributed by atoms with Gasteiger partial charge in [-0.3, -0.25) is 0 Å². The quantitative estimate of drug-likeness (QED) is 0.602. The molecule has 1 aromatic carbocycles. The van der Waals surface area contributed by atoms with Gasteiger partial charge in [-0.25, -0.2) is 4.98 Å². The molecule has 1 aliphatic rings. The van der Waals surface area contributed by atoms with E-state index in [0.717, 1.165) is 24.5 Å². The minimum atomic E-state index is -1.91. The van der Waals surface area contributed by atoms with Crippen molar-refractivity contribution in [3.63, 3.8) is 0 Å². The second-order valence-electron chi connectivity index (χ2n) is 5.54. The molecule has 0 saturated carbocycles. The van der Waals surface area contributed by atoms with Gasteiger partial charge in [0.25, 0.3) is 0 Å². The molecule has 6 nitrogen and oxygen atoms in total. The van der Waals surface area contributed by atoms with E-state index in [2.05, 4.69) is 25.2 Å². The molecule has 1 fully saturated rings. The Bertz CT molecular complexity index is 772. The molecule has 2 heterocycles. The first-order valence-corrected chi connectivity index (χ1v) is 10.0. The molecular weight excluding hydrogens is 479 g/mol. The van der Waals surface area contributed by atoms with Crippen LogP contribution in [0.15, 0.2) is 24.3 Å². The van der Waals surface area contributed by atoms with Gasteiger partial charge in [-0.1, -0.05) is 81.7 Å². The number of para-hydroxylation sites is 2. The largest absolute Gasteiger partial charge is 0.378 e. The van der Waals surface area contributed by atoms with Crippen LogP contribution in [0.5, 0.6) is 0 Å². The fourth-order valence-electron chi connectivity index (χ4n) is 2.47. The van der Waals surface area contributed by atoms with Crippen molar-refractivity contribution in [1.82, 2.24) is 15.0 Å². The van der Waals surface area contributed by atoms with E-state index in [-0.39, 0.29) is 17.6 Å². The minimum absolute atomic E-state index is 0.0911. The highest BCUT2D eigenvalue weighted by atomic mass is 35.6. The number of nitrogens with one attached hydrogen (secondary N) is 1. The summed E-state index contributed by atoms with van der Waals surface area (Å²) in [6, 6.07) is 7.65. The number of ether oxygens (including phenoxy) is 1. The van der Waals surface area contributed by atoms with E-state index in [9.17, 15) is 0 Å². The van der Waals surface area contributed by atoms with Crippen molar-refractivity contribution < 1.29 is 4.74 Å². The second kappa shape index (κ2) is 8.49. The summed E-state index contributed by atoms with van der Waals surface area (Å²) in [7, 11) is 0. The number of nitrogens with zero attached hydrogens (tertiary/aromatic N) is 4. The van der Waals surface area contributed by atoms with Crippen molar-refractivity contribution >= 4 is 86.9 Å². The third kappa shape index (κ3) is 5.54. The molecular formula is C15H13Cl6N5O. The average molecular weight is 492 g/mol. The monoisotopic (exact) mass is 489 g/mol. The standard InChI is InChI=1S/C15H13Cl6N5O/c16-14(17,18)11-23-12(15(19,20)21)25-13(24-11)22-9-3-1-2-4-10(9)26-5-7-27-8-6-26/h1-4H,5-8H2,(H,22,23,24,25). The molecule has 27 heavy (non-hydrogen) atoms. The lowest BCUT2D eigenvalue weighted by Gasteiger charge is -2.30. The normalized spacial score (nSPS) is 15.7. The highest BCUT2D eigenvalue weighted by Gasteiger charge is 2.34. The first-order chi connectivity index (χ1) is 12.6. The number of alkyl halides is 6. The van der Waals surface area contributed by atoms with Crippen molar-refractivity contribution in [2.24, 2.45) is 0 Å². The zero-order chi connectivity index (χ0) is 19.7. The fraction of sp³-hybridized carbons (Fsp3) is 0.400. The molecule has 146 valence electrons. The molecule has 1 aromatic heterocycles. The van der Waals surface area contributed by atoms with Crippen LogP contribution in [0, 0.1) is 0 Å². The zero-order valence-electron chi connectivity index (χ0n) is 13.6.